The summed E-state index contributed by atoms with van der Waals surface area (Å²) in [6.07, 6.45) is 6.39. The van der Waals surface area contributed by atoms with E-state index in [9.17, 15) is 14.4 Å². The third-order valence-corrected chi connectivity index (χ3v) is 5.50. The highest BCUT2D eigenvalue weighted by atomic mass is 35.5. The SMILES string of the molecule is O=C(O)Cc1nc(NC(=O)Nc2ccncc2C(=O)C2CCCC2)sc1Cl. The molecule has 0 saturated heterocycles. The Bertz CT molecular complexity index is 880. The molecule has 3 rings (SSSR count). The van der Waals surface area contributed by atoms with Crippen molar-refractivity contribution in [2.45, 2.75) is 32.1 Å². The Balaban J connectivity index is 1.69. The number of hydrogen-bond donors (Lipinski definition) is 3. The number of aromatic nitrogens is 2. The Morgan fingerprint density at radius 1 is 1.26 bits per heavy atom. The van der Waals surface area contributed by atoms with Gasteiger partial charge in [-0.3, -0.25) is 19.9 Å². The number of carboxylic acid groups (broad SMARTS) is 1. The monoisotopic (exact) mass is 408 g/mol. The number of carbonyl (C=O) groups excluding carboxylic acids is 2. The van der Waals surface area contributed by atoms with Crippen LogP contribution in [0.15, 0.2) is 18.5 Å². The second-order valence-corrected chi connectivity index (χ2v) is 7.76. The molecule has 0 bridgehead atoms. The average molecular weight is 409 g/mol. The number of Topliss-reactive ketones (excluding diaryl/α,β-unsaturated/α-hetero) is 1. The van der Waals surface area contributed by atoms with E-state index in [-0.39, 0.29) is 33.3 Å². The normalized spacial score (nSPS) is 14.1. The van der Waals surface area contributed by atoms with E-state index in [0.717, 1.165) is 37.0 Å². The molecule has 0 atom stereocenters. The van der Waals surface area contributed by atoms with Crippen LogP contribution in [0.4, 0.5) is 15.6 Å². The summed E-state index contributed by atoms with van der Waals surface area (Å²) < 4.78 is 0.203. The molecule has 142 valence electrons. The topological polar surface area (TPSA) is 121 Å². The summed E-state index contributed by atoms with van der Waals surface area (Å²) in [5.41, 5.74) is 0.932. The van der Waals surface area contributed by atoms with Crippen molar-refractivity contribution >= 4 is 51.5 Å². The fourth-order valence-corrected chi connectivity index (χ4v) is 4.03. The first-order valence-corrected chi connectivity index (χ1v) is 9.56. The number of rotatable bonds is 6. The van der Waals surface area contributed by atoms with Gasteiger partial charge in [0.1, 0.15) is 4.34 Å². The van der Waals surface area contributed by atoms with Crippen LogP contribution in [0.25, 0.3) is 0 Å². The molecule has 8 nitrogen and oxygen atoms in total. The lowest BCUT2D eigenvalue weighted by Crippen LogP contribution is -2.22. The minimum Gasteiger partial charge on any atom is -0.481 e. The van der Waals surface area contributed by atoms with Crippen LogP contribution >= 0.6 is 22.9 Å². The summed E-state index contributed by atoms with van der Waals surface area (Å²) in [7, 11) is 0. The number of hydrogen-bond acceptors (Lipinski definition) is 6. The van der Waals surface area contributed by atoms with E-state index in [1.165, 1.54) is 12.4 Å². The summed E-state index contributed by atoms with van der Waals surface area (Å²) in [5.74, 6) is -1.11. The van der Waals surface area contributed by atoms with Gasteiger partial charge in [-0.15, -0.1) is 0 Å². The van der Waals surface area contributed by atoms with Gasteiger partial charge < -0.3 is 10.4 Å². The van der Waals surface area contributed by atoms with E-state index in [2.05, 4.69) is 20.6 Å². The van der Waals surface area contributed by atoms with Crippen LogP contribution in [-0.4, -0.2) is 32.9 Å². The Labute approximate surface area is 164 Å². The number of pyridine rings is 1. The average Bonchev–Trinajstić information content (AvgIpc) is 3.25. The lowest BCUT2D eigenvalue weighted by molar-refractivity contribution is -0.136. The smallest absolute Gasteiger partial charge is 0.325 e. The van der Waals surface area contributed by atoms with Crippen molar-refractivity contribution in [1.29, 1.82) is 0 Å². The highest BCUT2D eigenvalue weighted by Crippen LogP contribution is 2.31. The zero-order valence-electron chi connectivity index (χ0n) is 14.2. The van der Waals surface area contributed by atoms with Crippen LogP contribution in [0.5, 0.6) is 0 Å². The molecular formula is C17H17ClN4O4S. The van der Waals surface area contributed by atoms with Gasteiger partial charge in [-0.2, -0.15) is 0 Å². The first-order chi connectivity index (χ1) is 12.9. The summed E-state index contributed by atoms with van der Waals surface area (Å²) in [6, 6.07) is 0.959. The molecule has 0 aliphatic heterocycles. The number of halogens is 1. The summed E-state index contributed by atoms with van der Waals surface area (Å²) in [4.78, 5) is 43.7. The maximum atomic E-state index is 12.7. The number of carboxylic acids is 1. The van der Waals surface area contributed by atoms with Crippen LogP contribution < -0.4 is 10.6 Å². The molecule has 2 heterocycles. The lowest BCUT2D eigenvalue weighted by atomic mass is 9.96. The number of urea groups is 1. The molecule has 2 aromatic rings. The highest BCUT2D eigenvalue weighted by molar-refractivity contribution is 7.19. The third-order valence-electron chi connectivity index (χ3n) is 4.25. The Kier molecular flexibility index (Phi) is 6.02. The molecule has 3 N–H and O–H groups in total. The van der Waals surface area contributed by atoms with Crippen molar-refractivity contribution in [3.8, 4) is 0 Å². The van der Waals surface area contributed by atoms with Crippen LogP contribution in [0.2, 0.25) is 4.34 Å². The quantitative estimate of drug-likeness (QED) is 0.624. The molecule has 0 spiro atoms. The first kappa shape index (κ1) is 19.2. The molecule has 27 heavy (non-hydrogen) atoms. The number of ketones is 1. The van der Waals surface area contributed by atoms with Crippen molar-refractivity contribution < 1.29 is 19.5 Å². The number of carbonyl (C=O) groups is 3. The maximum Gasteiger partial charge on any atom is 0.325 e. The fraction of sp³-hybridized carbons (Fsp3) is 0.353. The van der Waals surface area contributed by atoms with Gasteiger partial charge in [0, 0.05) is 18.3 Å². The van der Waals surface area contributed by atoms with Gasteiger partial charge in [-0.25, -0.2) is 9.78 Å². The zero-order valence-corrected chi connectivity index (χ0v) is 15.8. The van der Waals surface area contributed by atoms with Crippen molar-refractivity contribution in [2.24, 2.45) is 5.92 Å². The third kappa shape index (κ3) is 4.81. The second kappa shape index (κ2) is 8.45. The molecule has 2 aromatic heterocycles. The molecular weight excluding hydrogens is 392 g/mol. The molecule has 1 saturated carbocycles. The van der Waals surface area contributed by atoms with E-state index in [0.29, 0.717) is 11.3 Å². The zero-order chi connectivity index (χ0) is 19.4. The molecule has 0 unspecified atom stereocenters. The van der Waals surface area contributed by atoms with Gasteiger partial charge in [0.2, 0.25) is 0 Å². The Hall–Kier alpha value is -2.52. The Morgan fingerprint density at radius 2 is 2.00 bits per heavy atom. The lowest BCUT2D eigenvalue weighted by Gasteiger charge is -2.13. The largest absolute Gasteiger partial charge is 0.481 e. The predicted molar refractivity (Wildman–Crippen MR) is 102 cm³/mol. The van der Waals surface area contributed by atoms with Crippen molar-refractivity contribution in [2.75, 3.05) is 10.6 Å². The van der Waals surface area contributed by atoms with Crippen molar-refractivity contribution in [3.05, 3.63) is 34.1 Å². The van der Waals surface area contributed by atoms with E-state index >= 15 is 0 Å². The number of amides is 2. The first-order valence-electron chi connectivity index (χ1n) is 8.37. The van der Waals surface area contributed by atoms with E-state index in [4.69, 9.17) is 16.7 Å². The fourth-order valence-electron chi connectivity index (χ4n) is 3.00. The standard InChI is InChI=1S/C17H17ClN4O4S/c18-15-12(7-13(23)24)21-17(27-15)22-16(26)20-11-5-6-19-8-10(11)14(25)9-3-1-2-4-9/h5-6,8-9H,1-4,7H2,(H,23,24)(H2,19,20,21,22,26). The number of aliphatic carboxylic acids is 1. The van der Waals surface area contributed by atoms with Crippen LogP contribution in [-0.2, 0) is 11.2 Å². The number of thiazole rings is 1. The van der Waals surface area contributed by atoms with Crippen molar-refractivity contribution in [3.63, 3.8) is 0 Å². The summed E-state index contributed by atoms with van der Waals surface area (Å²) in [6.45, 7) is 0. The molecule has 10 heteroatoms. The van der Waals surface area contributed by atoms with E-state index in [1.54, 1.807) is 6.07 Å². The summed E-state index contributed by atoms with van der Waals surface area (Å²) in [5, 5.41) is 14.1. The maximum absolute atomic E-state index is 12.7. The summed E-state index contributed by atoms with van der Waals surface area (Å²) >= 11 is 6.91. The number of anilines is 2. The minimum absolute atomic E-state index is 0.0167. The number of nitrogens with one attached hydrogen (secondary N) is 2. The highest BCUT2D eigenvalue weighted by Gasteiger charge is 2.26. The molecule has 1 aliphatic carbocycles. The second-order valence-electron chi connectivity index (χ2n) is 6.16. The molecule has 1 aliphatic rings. The Morgan fingerprint density at radius 3 is 2.70 bits per heavy atom. The van der Waals surface area contributed by atoms with Crippen LogP contribution in [0.3, 0.4) is 0 Å². The minimum atomic E-state index is -1.06. The van der Waals surface area contributed by atoms with Gasteiger partial charge >= 0.3 is 12.0 Å². The molecule has 2 amide bonds. The van der Waals surface area contributed by atoms with E-state index in [1.807, 2.05) is 0 Å². The van der Waals surface area contributed by atoms with Crippen LogP contribution in [0, 0.1) is 5.92 Å². The predicted octanol–water partition coefficient (Wildman–Crippen LogP) is 3.84. The van der Waals surface area contributed by atoms with Gasteiger partial charge in [-0.05, 0) is 18.9 Å². The van der Waals surface area contributed by atoms with Gasteiger partial charge in [0.25, 0.3) is 0 Å². The van der Waals surface area contributed by atoms with Crippen LogP contribution in [0.1, 0.15) is 41.7 Å². The van der Waals surface area contributed by atoms with E-state index < -0.39 is 12.0 Å². The van der Waals surface area contributed by atoms with Gasteiger partial charge in [0.05, 0.1) is 23.4 Å². The molecule has 0 aromatic carbocycles. The molecule has 0 radical (unpaired) electrons. The van der Waals surface area contributed by atoms with Gasteiger partial charge in [-0.1, -0.05) is 35.8 Å². The number of nitrogens with zero attached hydrogens (tertiary/aromatic N) is 2. The molecule has 1 fully saturated rings. The van der Waals surface area contributed by atoms with Gasteiger partial charge in [0.15, 0.2) is 10.9 Å². The van der Waals surface area contributed by atoms with Crippen molar-refractivity contribution in [1.82, 2.24) is 9.97 Å².